The smallest absolute Gasteiger partial charge is 0.130 e. The van der Waals surface area contributed by atoms with Gasteiger partial charge in [-0.2, -0.15) is 0 Å². The summed E-state index contributed by atoms with van der Waals surface area (Å²) < 4.78 is 6.03. The minimum absolute atomic E-state index is 0.631. The molecular formula is C17H24N2O. The lowest BCUT2D eigenvalue weighted by Crippen LogP contribution is -2.11. The fourth-order valence-corrected chi connectivity index (χ4v) is 2.37. The first-order valence-electron chi connectivity index (χ1n) is 7.51. The number of nitrogens with two attached hydrogens (primary N) is 1. The second-order valence-electron chi connectivity index (χ2n) is 5.31. The Balaban J connectivity index is 2.09. The Labute approximate surface area is 121 Å². The SMILES string of the molecule is CCCCC(CC)COc1ccnc2cc(N)ccc12. The number of benzene rings is 1. The highest BCUT2D eigenvalue weighted by Crippen LogP contribution is 2.26. The highest BCUT2D eigenvalue weighted by atomic mass is 16.5. The first-order valence-corrected chi connectivity index (χ1v) is 7.51. The molecule has 1 aromatic heterocycles. The molecule has 0 aliphatic carbocycles. The van der Waals surface area contributed by atoms with Crippen molar-refractivity contribution in [3.63, 3.8) is 0 Å². The molecule has 0 saturated heterocycles. The van der Waals surface area contributed by atoms with Gasteiger partial charge in [0.1, 0.15) is 5.75 Å². The van der Waals surface area contributed by atoms with Crippen molar-refractivity contribution in [3.05, 3.63) is 30.5 Å². The van der Waals surface area contributed by atoms with Crippen LogP contribution in [0.5, 0.6) is 5.75 Å². The number of unbranched alkanes of at least 4 members (excludes halogenated alkanes) is 1. The number of hydrogen-bond acceptors (Lipinski definition) is 3. The fraction of sp³-hybridized carbons (Fsp3) is 0.471. The van der Waals surface area contributed by atoms with Crippen LogP contribution in [-0.2, 0) is 0 Å². The number of ether oxygens (including phenoxy) is 1. The molecule has 3 nitrogen and oxygen atoms in total. The van der Waals surface area contributed by atoms with E-state index >= 15 is 0 Å². The van der Waals surface area contributed by atoms with Crippen LogP contribution in [0.4, 0.5) is 5.69 Å². The van der Waals surface area contributed by atoms with E-state index in [1.54, 1.807) is 6.20 Å². The molecule has 0 bridgehead atoms. The third kappa shape index (κ3) is 3.62. The largest absolute Gasteiger partial charge is 0.493 e. The van der Waals surface area contributed by atoms with E-state index in [2.05, 4.69) is 18.8 Å². The number of nitrogen functional groups attached to an aromatic ring is 1. The summed E-state index contributed by atoms with van der Waals surface area (Å²) in [6, 6.07) is 7.70. The van der Waals surface area contributed by atoms with Gasteiger partial charge in [-0.25, -0.2) is 0 Å². The maximum absolute atomic E-state index is 6.03. The van der Waals surface area contributed by atoms with Gasteiger partial charge < -0.3 is 10.5 Å². The topological polar surface area (TPSA) is 48.1 Å². The monoisotopic (exact) mass is 272 g/mol. The lowest BCUT2D eigenvalue weighted by molar-refractivity contribution is 0.235. The summed E-state index contributed by atoms with van der Waals surface area (Å²) in [7, 11) is 0. The van der Waals surface area contributed by atoms with Crippen LogP contribution in [0.3, 0.4) is 0 Å². The Morgan fingerprint density at radius 3 is 2.85 bits per heavy atom. The highest BCUT2D eigenvalue weighted by molar-refractivity contribution is 5.87. The molecule has 0 amide bonds. The van der Waals surface area contributed by atoms with Gasteiger partial charge in [0.15, 0.2) is 0 Å². The summed E-state index contributed by atoms with van der Waals surface area (Å²) in [4.78, 5) is 4.34. The van der Waals surface area contributed by atoms with Gasteiger partial charge in [0.2, 0.25) is 0 Å². The molecule has 0 aliphatic rings. The number of hydrogen-bond donors (Lipinski definition) is 1. The van der Waals surface area contributed by atoms with E-state index in [9.17, 15) is 0 Å². The molecule has 0 saturated carbocycles. The van der Waals surface area contributed by atoms with E-state index in [-0.39, 0.29) is 0 Å². The third-order valence-corrected chi connectivity index (χ3v) is 3.74. The van der Waals surface area contributed by atoms with Crippen molar-refractivity contribution in [1.82, 2.24) is 4.98 Å². The maximum Gasteiger partial charge on any atom is 0.130 e. The Morgan fingerprint density at radius 2 is 2.10 bits per heavy atom. The molecule has 0 fully saturated rings. The average molecular weight is 272 g/mol. The molecule has 1 unspecified atom stereocenters. The first kappa shape index (κ1) is 14.6. The quantitative estimate of drug-likeness (QED) is 0.759. The van der Waals surface area contributed by atoms with Gasteiger partial charge >= 0.3 is 0 Å². The number of pyridine rings is 1. The maximum atomic E-state index is 6.03. The minimum Gasteiger partial charge on any atom is -0.493 e. The molecule has 1 aromatic carbocycles. The van der Waals surface area contributed by atoms with Crippen molar-refractivity contribution in [2.45, 2.75) is 39.5 Å². The molecule has 0 radical (unpaired) electrons. The molecule has 108 valence electrons. The molecule has 2 aromatic rings. The fourth-order valence-electron chi connectivity index (χ4n) is 2.37. The van der Waals surface area contributed by atoms with E-state index in [1.165, 1.54) is 19.3 Å². The van der Waals surface area contributed by atoms with Crippen molar-refractivity contribution < 1.29 is 4.74 Å². The lowest BCUT2D eigenvalue weighted by atomic mass is 10.0. The number of nitrogens with zero attached hydrogens (tertiary/aromatic N) is 1. The van der Waals surface area contributed by atoms with E-state index in [0.29, 0.717) is 5.92 Å². The van der Waals surface area contributed by atoms with Gasteiger partial charge in [0.25, 0.3) is 0 Å². The second-order valence-corrected chi connectivity index (χ2v) is 5.31. The predicted molar refractivity (Wildman–Crippen MR) is 85.0 cm³/mol. The first-order chi connectivity index (χ1) is 9.74. The van der Waals surface area contributed by atoms with Gasteiger partial charge in [-0.1, -0.05) is 33.1 Å². The number of anilines is 1. The van der Waals surface area contributed by atoms with Crippen LogP contribution in [0.2, 0.25) is 0 Å². The van der Waals surface area contributed by atoms with Gasteiger partial charge in [0.05, 0.1) is 12.1 Å². The van der Waals surface area contributed by atoms with Gasteiger partial charge in [-0.15, -0.1) is 0 Å². The van der Waals surface area contributed by atoms with Crippen LogP contribution < -0.4 is 10.5 Å². The van der Waals surface area contributed by atoms with Crippen LogP contribution in [0.1, 0.15) is 39.5 Å². The number of rotatable bonds is 7. The third-order valence-electron chi connectivity index (χ3n) is 3.74. The van der Waals surface area contributed by atoms with Crippen LogP contribution in [0.15, 0.2) is 30.5 Å². The van der Waals surface area contributed by atoms with Crippen molar-refractivity contribution in [2.24, 2.45) is 5.92 Å². The molecule has 20 heavy (non-hydrogen) atoms. The van der Waals surface area contributed by atoms with Gasteiger partial charge in [-0.05, 0) is 36.6 Å². The normalized spacial score (nSPS) is 12.5. The molecule has 1 heterocycles. The average Bonchev–Trinajstić information content (AvgIpc) is 2.47. The number of fused-ring (bicyclic) bond motifs is 1. The summed E-state index contributed by atoms with van der Waals surface area (Å²) in [5.41, 5.74) is 7.42. The predicted octanol–water partition coefficient (Wildman–Crippen LogP) is 4.41. The highest BCUT2D eigenvalue weighted by Gasteiger charge is 2.09. The van der Waals surface area contributed by atoms with Crippen molar-refractivity contribution >= 4 is 16.6 Å². The van der Waals surface area contributed by atoms with Crippen LogP contribution in [0, 0.1) is 5.92 Å². The van der Waals surface area contributed by atoms with Crippen LogP contribution >= 0.6 is 0 Å². The minimum atomic E-state index is 0.631. The van der Waals surface area contributed by atoms with Crippen molar-refractivity contribution in [2.75, 3.05) is 12.3 Å². The van der Waals surface area contributed by atoms with Gasteiger partial charge in [-0.3, -0.25) is 4.98 Å². The van der Waals surface area contributed by atoms with Crippen LogP contribution in [0.25, 0.3) is 10.9 Å². The zero-order valence-corrected chi connectivity index (χ0v) is 12.4. The second kappa shape index (κ2) is 7.13. The summed E-state index contributed by atoms with van der Waals surface area (Å²) in [5, 5.41) is 1.03. The van der Waals surface area contributed by atoms with E-state index in [0.717, 1.165) is 35.4 Å². The Bertz CT molecular complexity index is 554. The summed E-state index contributed by atoms with van der Waals surface area (Å²) >= 11 is 0. The summed E-state index contributed by atoms with van der Waals surface area (Å²) in [6.07, 6.45) is 6.70. The molecule has 1 atom stereocenters. The Hall–Kier alpha value is -1.77. The summed E-state index contributed by atoms with van der Waals surface area (Å²) in [5.74, 6) is 1.54. The molecular weight excluding hydrogens is 248 g/mol. The van der Waals surface area contributed by atoms with Gasteiger partial charge in [0, 0.05) is 17.3 Å². The zero-order chi connectivity index (χ0) is 14.4. The zero-order valence-electron chi connectivity index (χ0n) is 12.4. The van der Waals surface area contributed by atoms with Crippen LogP contribution in [-0.4, -0.2) is 11.6 Å². The standard InChI is InChI=1S/C17H24N2O/c1-3-5-6-13(4-2)12-20-17-9-10-19-16-11-14(18)7-8-15(16)17/h7-11,13H,3-6,12,18H2,1-2H3. The Morgan fingerprint density at radius 1 is 1.25 bits per heavy atom. The number of aromatic nitrogens is 1. The molecule has 2 rings (SSSR count). The summed E-state index contributed by atoms with van der Waals surface area (Å²) in [6.45, 7) is 5.24. The van der Waals surface area contributed by atoms with E-state index in [1.807, 2.05) is 24.3 Å². The lowest BCUT2D eigenvalue weighted by Gasteiger charge is -2.16. The van der Waals surface area contributed by atoms with E-state index in [4.69, 9.17) is 10.5 Å². The Kier molecular flexibility index (Phi) is 5.22. The van der Waals surface area contributed by atoms with E-state index < -0.39 is 0 Å². The molecule has 0 aliphatic heterocycles. The van der Waals surface area contributed by atoms with Crippen molar-refractivity contribution in [1.29, 1.82) is 0 Å². The molecule has 2 N–H and O–H groups in total. The molecule has 3 heteroatoms. The van der Waals surface area contributed by atoms with Crippen molar-refractivity contribution in [3.8, 4) is 5.75 Å². The molecule has 0 spiro atoms.